The Morgan fingerprint density at radius 3 is 2.40 bits per heavy atom. The number of aryl methyl sites for hydroxylation is 1. The molecule has 1 atom stereocenters. The van der Waals surface area contributed by atoms with Gasteiger partial charge in [0.2, 0.25) is 0 Å². The monoisotopic (exact) mass is 209 g/mol. The van der Waals surface area contributed by atoms with Gasteiger partial charge in [-0.25, -0.2) is 0 Å². The molecule has 3 heteroatoms. The Bertz CT molecular complexity index is 335. The van der Waals surface area contributed by atoms with E-state index < -0.39 is 0 Å². The average Bonchev–Trinajstić information content (AvgIpc) is 2.16. The molecular weight excluding hydrogens is 190 g/mol. The molecular formula is C12H19NO2. The van der Waals surface area contributed by atoms with Crippen LogP contribution in [0.2, 0.25) is 0 Å². The Morgan fingerprint density at radius 2 is 1.93 bits per heavy atom. The Labute approximate surface area is 91.2 Å². The predicted molar refractivity (Wildman–Crippen MR) is 61.6 cm³/mol. The summed E-state index contributed by atoms with van der Waals surface area (Å²) in [7, 11) is 3.34. The molecule has 0 spiro atoms. The fourth-order valence-corrected chi connectivity index (χ4v) is 1.72. The summed E-state index contributed by atoms with van der Waals surface area (Å²) in [5.74, 6) is 1.76. The minimum atomic E-state index is 0.116. The van der Waals surface area contributed by atoms with E-state index in [0.717, 1.165) is 29.0 Å². The molecule has 1 unspecified atom stereocenters. The molecule has 0 heterocycles. The Hall–Kier alpha value is -1.22. The van der Waals surface area contributed by atoms with Crippen LogP contribution in [0.25, 0.3) is 0 Å². The highest BCUT2D eigenvalue weighted by Crippen LogP contribution is 2.29. The SMILES string of the molecule is COc1cc(C)c(OC)c(CC(C)N)c1. The molecule has 0 saturated carbocycles. The first kappa shape index (κ1) is 11.9. The number of rotatable bonds is 4. The molecule has 0 amide bonds. The van der Waals surface area contributed by atoms with Crippen LogP contribution in [0.3, 0.4) is 0 Å². The zero-order chi connectivity index (χ0) is 11.4. The lowest BCUT2D eigenvalue weighted by Crippen LogP contribution is -2.18. The number of nitrogens with two attached hydrogens (primary N) is 1. The van der Waals surface area contributed by atoms with Gasteiger partial charge in [0, 0.05) is 6.04 Å². The minimum Gasteiger partial charge on any atom is -0.497 e. The van der Waals surface area contributed by atoms with Crippen molar-refractivity contribution in [3.05, 3.63) is 23.3 Å². The molecule has 1 aromatic rings. The van der Waals surface area contributed by atoms with Gasteiger partial charge < -0.3 is 15.2 Å². The van der Waals surface area contributed by atoms with Crippen molar-refractivity contribution in [3.8, 4) is 11.5 Å². The zero-order valence-corrected chi connectivity index (χ0v) is 9.83. The molecule has 1 aromatic carbocycles. The number of hydrogen-bond acceptors (Lipinski definition) is 3. The van der Waals surface area contributed by atoms with Gasteiger partial charge in [0.25, 0.3) is 0 Å². The molecule has 0 aliphatic rings. The molecule has 84 valence electrons. The van der Waals surface area contributed by atoms with Gasteiger partial charge in [0.15, 0.2) is 0 Å². The number of methoxy groups -OCH3 is 2. The fourth-order valence-electron chi connectivity index (χ4n) is 1.72. The van der Waals surface area contributed by atoms with Gasteiger partial charge in [-0.2, -0.15) is 0 Å². The first-order valence-electron chi connectivity index (χ1n) is 5.05. The van der Waals surface area contributed by atoms with E-state index in [2.05, 4.69) is 0 Å². The van der Waals surface area contributed by atoms with Gasteiger partial charge in [-0.15, -0.1) is 0 Å². The maximum absolute atomic E-state index is 5.79. The van der Waals surface area contributed by atoms with Crippen LogP contribution < -0.4 is 15.2 Å². The van der Waals surface area contributed by atoms with Gasteiger partial charge >= 0.3 is 0 Å². The quantitative estimate of drug-likeness (QED) is 0.823. The number of hydrogen-bond donors (Lipinski definition) is 1. The molecule has 0 aliphatic heterocycles. The van der Waals surface area contributed by atoms with E-state index in [-0.39, 0.29) is 6.04 Å². The second-order valence-corrected chi connectivity index (χ2v) is 3.82. The number of benzene rings is 1. The highest BCUT2D eigenvalue weighted by Gasteiger charge is 2.10. The van der Waals surface area contributed by atoms with Crippen LogP contribution in [0.4, 0.5) is 0 Å². The van der Waals surface area contributed by atoms with Crippen LogP contribution in [-0.2, 0) is 6.42 Å². The molecule has 2 N–H and O–H groups in total. The lowest BCUT2D eigenvalue weighted by molar-refractivity contribution is 0.395. The van der Waals surface area contributed by atoms with Gasteiger partial charge in [-0.3, -0.25) is 0 Å². The summed E-state index contributed by atoms with van der Waals surface area (Å²) in [5.41, 5.74) is 7.97. The first-order valence-corrected chi connectivity index (χ1v) is 5.05. The van der Waals surface area contributed by atoms with Crippen molar-refractivity contribution in [2.24, 2.45) is 5.73 Å². The molecule has 0 saturated heterocycles. The van der Waals surface area contributed by atoms with E-state index in [9.17, 15) is 0 Å². The van der Waals surface area contributed by atoms with Crippen LogP contribution in [-0.4, -0.2) is 20.3 Å². The normalized spacial score (nSPS) is 12.3. The molecule has 15 heavy (non-hydrogen) atoms. The molecule has 0 aliphatic carbocycles. The van der Waals surface area contributed by atoms with Crippen molar-refractivity contribution < 1.29 is 9.47 Å². The Morgan fingerprint density at radius 1 is 1.27 bits per heavy atom. The second kappa shape index (κ2) is 5.03. The molecule has 0 fully saturated rings. The topological polar surface area (TPSA) is 44.5 Å². The molecule has 0 bridgehead atoms. The van der Waals surface area contributed by atoms with Crippen LogP contribution in [0, 0.1) is 6.92 Å². The Balaban J connectivity index is 3.13. The Kier molecular flexibility index (Phi) is 3.97. The van der Waals surface area contributed by atoms with E-state index in [0.29, 0.717) is 0 Å². The first-order chi connectivity index (χ1) is 7.08. The molecule has 0 radical (unpaired) electrons. The summed E-state index contributed by atoms with van der Waals surface area (Å²) < 4.78 is 10.6. The van der Waals surface area contributed by atoms with Gasteiger partial charge in [0.1, 0.15) is 11.5 Å². The highest BCUT2D eigenvalue weighted by atomic mass is 16.5. The predicted octanol–water partition coefficient (Wildman–Crippen LogP) is 1.90. The lowest BCUT2D eigenvalue weighted by atomic mass is 10.0. The largest absolute Gasteiger partial charge is 0.497 e. The van der Waals surface area contributed by atoms with Crippen molar-refractivity contribution in [2.45, 2.75) is 26.3 Å². The summed E-state index contributed by atoms with van der Waals surface area (Å²) >= 11 is 0. The fraction of sp³-hybridized carbons (Fsp3) is 0.500. The maximum atomic E-state index is 5.79. The standard InChI is InChI=1S/C12H19NO2/c1-8-5-11(14-3)7-10(6-9(2)13)12(8)15-4/h5,7,9H,6,13H2,1-4H3. The zero-order valence-electron chi connectivity index (χ0n) is 9.83. The van der Waals surface area contributed by atoms with Crippen molar-refractivity contribution in [1.29, 1.82) is 0 Å². The van der Waals surface area contributed by atoms with E-state index >= 15 is 0 Å². The average molecular weight is 209 g/mol. The van der Waals surface area contributed by atoms with E-state index in [1.54, 1.807) is 14.2 Å². The second-order valence-electron chi connectivity index (χ2n) is 3.82. The van der Waals surface area contributed by atoms with Crippen LogP contribution in [0.15, 0.2) is 12.1 Å². The lowest BCUT2D eigenvalue weighted by Gasteiger charge is -2.14. The van der Waals surface area contributed by atoms with Gasteiger partial charge in [0.05, 0.1) is 14.2 Å². The van der Waals surface area contributed by atoms with Gasteiger partial charge in [-0.1, -0.05) is 0 Å². The molecule has 0 aromatic heterocycles. The summed E-state index contributed by atoms with van der Waals surface area (Å²) in [5, 5.41) is 0. The summed E-state index contributed by atoms with van der Waals surface area (Å²) in [6.45, 7) is 3.99. The van der Waals surface area contributed by atoms with Gasteiger partial charge in [-0.05, 0) is 43.5 Å². The summed E-state index contributed by atoms with van der Waals surface area (Å²) in [6.07, 6.45) is 0.793. The third kappa shape index (κ3) is 2.86. The van der Waals surface area contributed by atoms with Crippen LogP contribution in [0.1, 0.15) is 18.1 Å². The van der Waals surface area contributed by atoms with Crippen LogP contribution >= 0.6 is 0 Å². The van der Waals surface area contributed by atoms with E-state index in [1.807, 2.05) is 26.0 Å². The van der Waals surface area contributed by atoms with Crippen molar-refractivity contribution in [3.63, 3.8) is 0 Å². The molecule has 3 nitrogen and oxygen atoms in total. The molecule has 1 rings (SSSR count). The van der Waals surface area contributed by atoms with E-state index in [1.165, 1.54) is 0 Å². The summed E-state index contributed by atoms with van der Waals surface area (Å²) in [4.78, 5) is 0. The maximum Gasteiger partial charge on any atom is 0.125 e. The smallest absolute Gasteiger partial charge is 0.125 e. The van der Waals surface area contributed by atoms with Crippen molar-refractivity contribution >= 4 is 0 Å². The van der Waals surface area contributed by atoms with E-state index in [4.69, 9.17) is 15.2 Å². The highest BCUT2D eigenvalue weighted by molar-refractivity contribution is 5.47. The van der Waals surface area contributed by atoms with Crippen molar-refractivity contribution in [2.75, 3.05) is 14.2 Å². The summed E-state index contributed by atoms with van der Waals surface area (Å²) in [6, 6.07) is 4.06. The third-order valence-electron chi connectivity index (χ3n) is 2.31. The van der Waals surface area contributed by atoms with Crippen molar-refractivity contribution in [1.82, 2.24) is 0 Å². The van der Waals surface area contributed by atoms with Crippen LogP contribution in [0.5, 0.6) is 11.5 Å². The third-order valence-corrected chi connectivity index (χ3v) is 2.31. The number of ether oxygens (including phenoxy) is 2. The minimum absolute atomic E-state index is 0.116.